The van der Waals surface area contributed by atoms with E-state index < -0.39 is 34.1 Å². The predicted molar refractivity (Wildman–Crippen MR) is 161 cm³/mol. The summed E-state index contributed by atoms with van der Waals surface area (Å²) in [5.41, 5.74) is 1.30. The number of carbonyl (C=O) groups excluding carboxylic acids is 2. The van der Waals surface area contributed by atoms with Crippen molar-refractivity contribution in [1.29, 1.82) is 0 Å². The Kier molecular flexibility index (Phi) is 10.3. The van der Waals surface area contributed by atoms with Gasteiger partial charge in [0.1, 0.15) is 12.6 Å². The minimum absolute atomic E-state index is 0.0266. The third-order valence-electron chi connectivity index (χ3n) is 6.12. The second kappa shape index (κ2) is 13.1. The molecule has 1 atom stereocenters. The molecule has 3 rings (SSSR count). The van der Waals surface area contributed by atoms with E-state index in [9.17, 15) is 18.0 Å². The average Bonchev–Trinajstić information content (AvgIpc) is 2.88. The molecule has 0 aliphatic rings. The van der Waals surface area contributed by atoms with E-state index in [1.807, 2.05) is 33.8 Å². The van der Waals surface area contributed by atoms with Gasteiger partial charge in [0, 0.05) is 12.1 Å². The maximum absolute atomic E-state index is 14.1. The number of anilines is 1. The predicted octanol–water partition coefficient (Wildman–Crippen LogP) is 6.22. The summed E-state index contributed by atoms with van der Waals surface area (Å²) in [5, 5.41) is 3.62. The minimum atomic E-state index is -4.12. The maximum Gasteiger partial charge on any atom is 0.264 e. The lowest BCUT2D eigenvalue weighted by atomic mass is 10.1. The van der Waals surface area contributed by atoms with Gasteiger partial charge in [0.05, 0.1) is 20.6 Å². The fraction of sp³-hybridized carbons (Fsp3) is 0.333. The molecule has 40 heavy (non-hydrogen) atoms. The van der Waals surface area contributed by atoms with Crippen LogP contribution in [0, 0.1) is 6.92 Å². The van der Waals surface area contributed by atoms with Crippen LogP contribution in [0.1, 0.15) is 45.2 Å². The molecule has 10 heteroatoms. The van der Waals surface area contributed by atoms with Gasteiger partial charge in [-0.1, -0.05) is 66.5 Å². The second-order valence-corrected chi connectivity index (χ2v) is 13.3. The van der Waals surface area contributed by atoms with E-state index in [2.05, 4.69) is 5.32 Å². The molecule has 0 bridgehead atoms. The normalized spacial score (nSPS) is 12.5. The van der Waals surface area contributed by atoms with E-state index in [0.29, 0.717) is 27.7 Å². The fourth-order valence-corrected chi connectivity index (χ4v) is 5.99. The molecule has 0 aliphatic heterocycles. The number of rotatable bonds is 10. The van der Waals surface area contributed by atoms with Gasteiger partial charge in [0.2, 0.25) is 11.8 Å². The lowest BCUT2D eigenvalue weighted by Gasteiger charge is -2.35. The van der Waals surface area contributed by atoms with Crippen LogP contribution in [0.2, 0.25) is 10.0 Å². The molecule has 0 radical (unpaired) electrons. The number of hydrogen-bond acceptors (Lipinski definition) is 4. The highest BCUT2D eigenvalue weighted by Crippen LogP contribution is 2.27. The molecule has 0 unspecified atom stereocenters. The smallest absolute Gasteiger partial charge is 0.264 e. The van der Waals surface area contributed by atoms with Crippen molar-refractivity contribution in [3.05, 3.63) is 94.0 Å². The largest absolute Gasteiger partial charge is 0.350 e. The molecule has 0 aliphatic carbocycles. The van der Waals surface area contributed by atoms with Gasteiger partial charge in [-0.2, -0.15) is 0 Å². The Morgan fingerprint density at radius 1 is 0.925 bits per heavy atom. The van der Waals surface area contributed by atoms with E-state index >= 15 is 0 Å². The summed E-state index contributed by atoms with van der Waals surface area (Å²) in [4.78, 5) is 28.9. The molecule has 3 aromatic carbocycles. The first kappa shape index (κ1) is 31.5. The number of hydrogen-bond donors (Lipinski definition) is 1. The second-order valence-electron chi connectivity index (χ2n) is 10.6. The van der Waals surface area contributed by atoms with E-state index in [-0.39, 0.29) is 17.3 Å². The maximum atomic E-state index is 14.1. The minimum Gasteiger partial charge on any atom is -0.350 e. The molecule has 2 amide bonds. The van der Waals surface area contributed by atoms with Crippen LogP contribution < -0.4 is 9.62 Å². The number of amides is 2. The molecule has 0 saturated carbocycles. The van der Waals surface area contributed by atoms with Crippen LogP contribution in [-0.4, -0.2) is 43.3 Å². The highest BCUT2D eigenvalue weighted by Gasteiger charge is 2.34. The summed E-state index contributed by atoms with van der Waals surface area (Å²) in [6, 6.07) is 19.0. The monoisotopic (exact) mass is 603 g/mol. The summed E-state index contributed by atoms with van der Waals surface area (Å²) in [6.45, 7) is 8.73. The first-order valence-corrected chi connectivity index (χ1v) is 15.1. The lowest BCUT2D eigenvalue weighted by Crippen LogP contribution is -2.55. The van der Waals surface area contributed by atoms with Gasteiger partial charge in [-0.15, -0.1) is 0 Å². The molecular weight excluding hydrogens is 569 g/mol. The molecule has 0 fully saturated rings. The molecule has 0 spiro atoms. The Morgan fingerprint density at radius 3 is 2.17 bits per heavy atom. The van der Waals surface area contributed by atoms with E-state index in [1.54, 1.807) is 61.5 Å². The van der Waals surface area contributed by atoms with Crippen LogP contribution in [0.25, 0.3) is 0 Å². The molecule has 214 valence electrons. The SMILES string of the molecule is CC[C@@H](C(=O)NC(C)(C)C)N(Cc1ccc(Cl)c(Cl)c1)C(=O)CN(c1cccc(C)c1)S(=O)(=O)c1ccccc1. The van der Waals surface area contributed by atoms with Crippen molar-refractivity contribution in [2.45, 2.75) is 64.1 Å². The summed E-state index contributed by atoms with van der Waals surface area (Å²) in [6.07, 6.45) is 0.310. The molecule has 3 aromatic rings. The van der Waals surface area contributed by atoms with Crippen molar-refractivity contribution in [1.82, 2.24) is 10.2 Å². The van der Waals surface area contributed by atoms with Gasteiger partial charge in [0.25, 0.3) is 10.0 Å². The highest BCUT2D eigenvalue weighted by atomic mass is 35.5. The third kappa shape index (κ3) is 7.99. The molecule has 0 saturated heterocycles. The number of benzene rings is 3. The Bertz CT molecular complexity index is 1460. The lowest BCUT2D eigenvalue weighted by molar-refractivity contribution is -0.141. The van der Waals surface area contributed by atoms with Crippen molar-refractivity contribution >= 4 is 50.7 Å². The summed E-state index contributed by atoms with van der Waals surface area (Å²) in [7, 11) is -4.12. The van der Waals surface area contributed by atoms with Gasteiger partial charge in [-0.05, 0) is 81.6 Å². The topological polar surface area (TPSA) is 86.8 Å². The molecule has 7 nitrogen and oxygen atoms in total. The van der Waals surface area contributed by atoms with Crippen molar-refractivity contribution in [2.24, 2.45) is 0 Å². The standard InChI is InChI=1S/C30H35Cl2N3O4S/c1-6-27(29(37)33-30(3,4)5)34(19-22-15-16-25(31)26(32)18-22)28(36)20-35(23-12-10-11-21(2)17-23)40(38,39)24-13-8-7-9-14-24/h7-18,27H,6,19-20H2,1-5H3,(H,33,37)/t27-/m0/s1. The van der Waals surface area contributed by atoms with E-state index in [4.69, 9.17) is 23.2 Å². The number of aryl methyl sites for hydroxylation is 1. The number of sulfonamides is 1. The number of nitrogens with zero attached hydrogens (tertiary/aromatic N) is 2. The van der Waals surface area contributed by atoms with Crippen molar-refractivity contribution < 1.29 is 18.0 Å². The summed E-state index contributed by atoms with van der Waals surface area (Å²) >= 11 is 12.3. The Balaban J connectivity index is 2.08. The zero-order valence-corrected chi connectivity index (χ0v) is 25.6. The summed E-state index contributed by atoms with van der Waals surface area (Å²) < 4.78 is 28.8. The Morgan fingerprint density at radius 2 is 1.60 bits per heavy atom. The Labute approximate surface area is 247 Å². The van der Waals surface area contributed by atoms with E-state index in [1.165, 1.54) is 17.0 Å². The van der Waals surface area contributed by atoms with Crippen LogP contribution in [0.4, 0.5) is 5.69 Å². The molecule has 0 aromatic heterocycles. The van der Waals surface area contributed by atoms with Gasteiger partial charge in [-0.3, -0.25) is 13.9 Å². The van der Waals surface area contributed by atoms with Crippen LogP contribution >= 0.6 is 23.2 Å². The molecular formula is C30H35Cl2N3O4S. The van der Waals surface area contributed by atoms with Crippen LogP contribution in [-0.2, 0) is 26.2 Å². The number of carbonyl (C=O) groups is 2. The van der Waals surface area contributed by atoms with Gasteiger partial charge >= 0.3 is 0 Å². The number of nitrogens with one attached hydrogen (secondary N) is 1. The van der Waals surface area contributed by atoms with Crippen molar-refractivity contribution in [3.8, 4) is 0 Å². The van der Waals surface area contributed by atoms with Crippen LogP contribution in [0.5, 0.6) is 0 Å². The van der Waals surface area contributed by atoms with Crippen molar-refractivity contribution in [3.63, 3.8) is 0 Å². The van der Waals surface area contributed by atoms with Gasteiger partial charge in [0.15, 0.2) is 0 Å². The average molecular weight is 605 g/mol. The zero-order valence-electron chi connectivity index (χ0n) is 23.3. The highest BCUT2D eigenvalue weighted by molar-refractivity contribution is 7.92. The molecule has 0 heterocycles. The van der Waals surface area contributed by atoms with Crippen LogP contribution in [0.3, 0.4) is 0 Å². The third-order valence-corrected chi connectivity index (χ3v) is 8.65. The fourth-order valence-electron chi connectivity index (χ4n) is 4.24. The molecule has 1 N–H and O–H groups in total. The Hall–Kier alpha value is -3.07. The van der Waals surface area contributed by atoms with Gasteiger partial charge in [-0.25, -0.2) is 8.42 Å². The first-order chi connectivity index (χ1) is 18.7. The summed E-state index contributed by atoms with van der Waals surface area (Å²) in [5.74, 6) is -0.876. The quantitative estimate of drug-likeness (QED) is 0.298. The van der Waals surface area contributed by atoms with Crippen molar-refractivity contribution in [2.75, 3.05) is 10.8 Å². The first-order valence-electron chi connectivity index (χ1n) is 12.9. The van der Waals surface area contributed by atoms with E-state index in [0.717, 1.165) is 9.87 Å². The van der Waals surface area contributed by atoms with Gasteiger partial charge < -0.3 is 10.2 Å². The van der Waals surface area contributed by atoms with Crippen LogP contribution in [0.15, 0.2) is 77.7 Å². The number of halogens is 2. The zero-order chi connectivity index (χ0) is 29.7.